The molecule has 0 spiro atoms. The molecule has 1 aromatic carbocycles. The Morgan fingerprint density at radius 3 is 2.47 bits per heavy atom. The number of aryl methyl sites for hydroxylation is 2. The summed E-state index contributed by atoms with van der Waals surface area (Å²) in [5.74, 6) is -1.99. The Morgan fingerprint density at radius 2 is 1.94 bits per heavy atom. The zero-order valence-corrected chi connectivity index (χ0v) is 10.2. The Bertz CT molecular complexity index is 472. The number of carbonyl (C=O) groups excluding carboxylic acids is 2. The van der Waals surface area contributed by atoms with Gasteiger partial charge in [-0.05, 0) is 37.1 Å². The molecule has 17 heavy (non-hydrogen) atoms. The van der Waals surface area contributed by atoms with Crippen molar-refractivity contribution < 1.29 is 14.7 Å². The molecule has 0 aliphatic heterocycles. The Kier molecular flexibility index (Phi) is 4.29. The predicted molar refractivity (Wildman–Crippen MR) is 63.7 cm³/mol. The first kappa shape index (κ1) is 13.3. The van der Waals surface area contributed by atoms with Crippen LogP contribution in [0.2, 0.25) is 5.02 Å². The molecular weight excluding hydrogens is 242 g/mol. The summed E-state index contributed by atoms with van der Waals surface area (Å²) in [4.78, 5) is 21.5. The SMILES string of the molecule is Cc1cc(C)c(NC(=O)C=CC(=O)[O-])c(Cl)c1. The van der Waals surface area contributed by atoms with Crippen molar-refractivity contribution in [3.63, 3.8) is 0 Å². The average Bonchev–Trinajstić information content (AvgIpc) is 2.20. The molecule has 0 unspecified atom stereocenters. The highest BCUT2D eigenvalue weighted by Crippen LogP contribution is 2.27. The standard InChI is InChI=1S/C12H12ClNO3/c1-7-5-8(2)12(9(13)6-7)14-10(15)3-4-11(16)17/h3-6H,1-2H3,(H,14,15)(H,16,17)/p-1. The van der Waals surface area contributed by atoms with Crippen molar-refractivity contribution in [2.45, 2.75) is 13.8 Å². The number of rotatable bonds is 3. The number of aliphatic carboxylic acids is 1. The van der Waals surface area contributed by atoms with Crippen molar-refractivity contribution in [1.29, 1.82) is 0 Å². The van der Waals surface area contributed by atoms with E-state index in [1.165, 1.54) is 0 Å². The predicted octanol–water partition coefficient (Wildman–Crippen LogP) is 1.20. The molecule has 0 saturated carbocycles. The van der Waals surface area contributed by atoms with Crippen LogP contribution in [-0.4, -0.2) is 11.9 Å². The van der Waals surface area contributed by atoms with Gasteiger partial charge in [-0.3, -0.25) is 4.79 Å². The van der Waals surface area contributed by atoms with Crippen LogP contribution < -0.4 is 10.4 Å². The highest BCUT2D eigenvalue weighted by Gasteiger charge is 2.07. The van der Waals surface area contributed by atoms with Gasteiger partial charge in [0.05, 0.1) is 16.7 Å². The molecule has 0 radical (unpaired) electrons. The summed E-state index contributed by atoms with van der Waals surface area (Å²) in [7, 11) is 0. The van der Waals surface area contributed by atoms with Crippen LogP contribution in [0.15, 0.2) is 24.3 Å². The number of anilines is 1. The fraction of sp³-hybridized carbons (Fsp3) is 0.167. The van der Waals surface area contributed by atoms with Crippen LogP contribution in [0.25, 0.3) is 0 Å². The van der Waals surface area contributed by atoms with Gasteiger partial charge in [0, 0.05) is 6.08 Å². The molecule has 0 saturated heterocycles. The molecule has 0 fully saturated rings. The minimum atomic E-state index is -1.42. The Balaban J connectivity index is 2.89. The number of hydrogen-bond donors (Lipinski definition) is 1. The Morgan fingerprint density at radius 1 is 1.29 bits per heavy atom. The average molecular weight is 253 g/mol. The van der Waals surface area contributed by atoms with Crippen LogP contribution in [-0.2, 0) is 9.59 Å². The highest BCUT2D eigenvalue weighted by atomic mass is 35.5. The van der Waals surface area contributed by atoms with E-state index < -0.39 is 11.9 Å². The van der Waals surface area contributed by atoms with Gasteiger partial charge in [0.1, 0.15) is 0 Å². The Hall–Kier alpha value is -1.81. The molecule has 5 heteroatoms. The van der Waals surface area contributed by atoms with E-state index in [0.717, 1.165) is 17.2 Å². The minimum Gasteiger partial charge on any atom is -0.545 e. The van der Waals surface area contributed by atoms with Gasteiger partial charge in [-0.25, -0.2) is 0 Å². The van der Waals surface area contributed by atoms with Crippen molar-refractivity contribution in [3.8, 4) is 0 Å². The number of hydrogen-bond acceptors (Lipinski definition) is 3. The first-order valence-corrected chi connectivity index (χ1v) is 5.24. The van der Waals surface area contributed by atoms with E-state index >= 15 is 0 Å². The monoisotopic (exact) mass is 252 g/mol. The van der Waals surface area contributed by atoms with Crippen LogP contribution in [0.1, 0.15) is 11.1 Å². The zero-order chi connectivity index (χ0) is 13.0. The summed E-state index contributed by atoms with van der Waals surface area (Å²) >= 11 is 5.97. The minimum absolute atomic E-state index is 0.415. The third kappa shape index (κ3) is 3.92. The van der Waals surface area contributed by atoms with Crippen LogP contribution in [0.4, 0.5) is 5.69 Å². The van der Waals surface area contributed by atoms with Gasteiger partial charge < -0.3 is 15.2 Å². The first-order valence-electron chi connectivity index (χ1n) is 4.87. The molecule has 0 atom stereocenters. The van der Waals surface area contributed by atoms with Crippen LogP contribution in [0.3, 0.4) is 0 Å². The van der Waals surface area contributed by atoms with Gasteiger partial charge in [-0.1, -0.05) is 17.7 Å². The highest BCUT2D eigenvalue weighted by molar-refractivity contribution is 6.34. The Labute approximate surface area is 104 Å². The second kappa shape index (κ2) is 5.50. The van der Waals surface area contributed by atoms with Gasteiger partial charge in [0.25, 0.3) is 0 Å². The maximum absolute atomic E-state index is 11.4. The summed E-state index contributed by atoms with van der Waals surface area (Å²) in [6.07, 6.45) is 1.54. The zero-order valence-electron chi connectivity index (χ0n) is 9.41. The fourth-order valence-electron chi connectivity index (χ4n) is 1.38. The quantitative estimate of drug-likeness (QED) is 0.822. The van der Waals surface area contributed by atoms with Crippen molar-refractivity contribution in [2.75, 3.05) is 5.32 Å². The van der Waals surface area contributed by atoms with Crippen molar-refractivity contribution >= 4 is 29.2 Å². The molecule has 1 rings (SSSR count). The summed E-state index contributed by atoms with van der Waals surface area (Å²) in [6, 6.07) is 3.58. The van der Waals surface area contributed by atoms with Gasteiger partial charge >= 0.3 is 0 Å². The molecule has 0 aromatic heterocycles. The van der Waals surface area contributed by atoms with Gasteiger partial charge in [-0.2, -0.15) is 0 Å². The smallest absolute Gasteiger partial charge is 0.248 e. The number of halogens is 1. The molecular formula is C12H11ClNO3-. The van der Waals surface area contributed by atoms with Crippen LogP contribution in [0, 0.1) is 13.8 Å². The van der Waals surface area contributed by atoms with Crippen molar-refractivity contribution in [3.05, 3.63) is 40.4 Å². The van der Waals surface area contributed by atoms with Gasteiger partial charge in [0.15, 0.2) is 0 Å². The molecule has 1 N–H and O–H groups in total. The lowest BCUT2D eigenvalue weighted by Crippen LogP contribution is -2.20. The van der Waals surface area contributed by atoms with E-state index in [1.807, 2.05) is 13.0 Å². The fourth-order valence-corrected chi connectivity index (χ4v) is 1.75. The molecule has 0 bridgehead atoms. The normalized spacial score (nSPS) is 10.5. The summed E-state index contributed by atoms with van der Waals surface area (Å²) in [6.45, 7) is 3.69. The lowest BCUT2D eigenvalue weighted by Gasteiger charge is -2.10. The number of carboxylic acids is 1. The molecule has 0 heterocycles. The number of carboxylic acid groups (broad SMARTS) is 1. The number of carbonyl (C=O) groups is 2. The van der Waals surface area contributed by atoms with E-state index in [-0.39, 0.29) is 0 Å². The van der Waals surface area contributed by atoms with Gasteiger partial charge in [0.2, 0.25) is 5.91 Å². The van der Waals surface area contributed by atoms with Crippen molar-refractivity contribution in [1.82, 2.24) is 0 Å². The third-order valence-electron chi connectivity index (χ3n) is 2.05. The van der Waals surface area contributed by atoms with Gasteiger partial charge in [-0.15, -0.1) is 0 Å². The first-order chi connectivity index (χ1) is 7.90. The summed E-state index contributed by atoms with van der Waals surface area (Å²) < 4.78 is 0. The molecule has 90 valence electrons. The number of nitrogens with one attached hydrogen (secondary N) is 1. The third-order valence-corrected chi connectivity index (χ3v) is 2.35. The second-order valence-corrected chi connectivity index (χ2v) is 3.99. The maximum Gasteiger partial charge on any atom is 0.248 e. The van der Waals surface area contributed by atoms with E-state index in [4.69, 9.17) is 11.6 Å². The summed E-state index contributed by atoms with van der Waals surface area (Å²) in [5.41, 5.74) is 2.27. The molecule has 1 amide bonds. The van der Waals surface area contributed by atoms with E-state index in [9.17, 15) is 14.7 Å². The molecule has 0 aliphatic rings. The van der Waals surface area contributed by atoms with E-state index in [2.05, 4.69) is 5.32 Å². The molecule has 4 nitrogen and oxygen atoms in total. The number of amides is 1. The molecule has 0 aliphatic carbocycles. The van der Waals surface area contributed by atoms with Crippen LogP contribution in [0.5, 0.6) is 0 Å². The lowest BCUT2D eigenvalue weighted by molar-refractivity contribution is -0.297. The topological polar surface area (TPSA) is 69.2 Å². The van der Waals surface area contributed by atoms with E-state index in [0.29, 0.717) is 16.8 Å². The number of benzene rings is 1. The van der Waals surface area contributed by atoms with E-state index in [1.54, 1.807) is 13.0 Å². The lowest BCUT2D eigenvalue weighted by atomic mass is 10.1. The summed E-state index contributed by atoms with van der Waals surface area (Å²) in [5, 5.41) is 13.1. The second-order valence-electron chi connectivity index (χ2n) is 3.58. The maximum atomic E-state index is 11.4. The molecule has 1 aromatic rings. The van der Waals surface area contributed by atoms with Crippen molar-refractivity contribution in [2.24, 2.45) is 0 Å². The van der Waals surface area contributed by atoms with Crippen LogP contribution >= 0.6 is 11.6 Å². The largest absolute Gasteiger partial charge is 0.545 e.